The second-order valence-corrected chi connectivity index (χ2v) is 6.14. The molecule has 2 N–H and O–H groups in total. The van der Waals surface area contributed by atoms with Gasteiger partial charge in [0.05, 0.1) is 6.42 Å². The number of aryl methyl sites for hydroxylation is 1. The van der Waals surface area contributed by atoms with Crippen LogP contribution in [0.15, 0.2) is 42.5 Å². The molecular formula is C20H23NO3. The average molecular weight is 325 g/mol. The first-order chi connectivity index (χ1) is 11.4. The molecule has 0 unspecified atom stereocenters. The third-order valence-corrected chi connectivity index (χ3v) is 3.86. The standard InChI is InChI=1S/C20H23NO3/c1-4-15-12-16(7-10-18(15)20(24)13(2)3)21-19(23)11-14-5-8-17(22)9-6-14/h5-10,12-13,22H,4,11H2,1-3H3,(H,21,23). The molecule has 2 rings (SSSR count). The average Bonchev–Trinajstić information content (AvgIpc) is 2.56. The summed E-state index contributed by atoms with van der Waals surface area (Å²) in [5.74, 6) is 0.113. The van der Waals surface area contributed by atoms with Crippen LogP contribution in [0, 0.1) is 5.92 Å². The van der Waals surface area contributed by atoms with Crippen LogP contribution in [0.3, 0.4) is 0 Å². The lowest BCUT2D eigenvalue weighted by molar-refractivity contribution is -0.115. The number of hydrogen-bond acceptors (Lipinski definition) is 3. The number of hydrogen-bond donors (Lipinski definition) is 2. The molecule has 0 fully saturated rings. The van der Waals surface area contributed by atoms with Gasteiger partial charge < -0.3 is 10.4 Å². The molecule has 24 heavy (non-hydrogen) atoms. The highest BCUT2D eigenvalue weighted by Gasteiger charge is 2.15. The minimum atomic E-state index is -0.134. The van der Waals surface area contributed by atoms with Crippen LogP contribution < -0.4 is 5.32 Å². The van der Waals surface area contributed by atoms with E-state index >= 15 is 0 Å². The van der Waals surface area contributed by atoms with E-state index in [1.165, 1.54) is 0 Å². The number of phenols is 1. The van der Waals surface area contributed by atoms with Crippen LogP contribution in [0.2, 0.25) is 0 Å². The van der Waals surface area contributed by atoms with E-state index in [9.17, 15) is 14.7 Å². The molecule has 0 aliphatic heterocycles. The lowest BCUT2D eigenvalue weighted by atomic mass is 9.95. The normalized spacial score (nSPS) is 10.7. The zero-order valence-corrected chi connectivity index (χ0v) is 14.3. The van der Waals surface area contributed by atoms with E-state index < -0.39 is 0 Å². The summed E-state index contributed by atoms with van der Waals surface area (Å²) in [6.07, 6.45) is 0.962. The van der Waals surface area contributed by atoms with Crippen LogP contribution in [0.25, 0.3) is 0 Å². The summed E-state index contributed by atoms with van der Waals surface area (Å²) in [7, 11) is 0. The number of carbonyl (C=O) groups excluding carboxylic acids is 2. The molecule has 2 aromatic rings. The van der Waals surface area contributed by atoms with Crippen molar-refractivity contribution in [2.75, 3.05) is 5.32 Å². The van der Waals surface area contributed by atoms with E-state index in [-0.39, 0.29) is 29.8 Å². The van der Waals surface area contributed by atoms with Gasteiger partial charge in [0.25, 0.3) is 0 Å². The van der Waals surface area contributed by atoms with Crippen molar-refractivity contribution in [2.45, 2.75) is 33.6 Å². The van der Waals surface area contributed by atoms with Gasteiger partial charge in [-0.3, -0.25) is 9.59 Å². The zero-order chi connectivity index (χ0) is 17.7. The van der Waals surface area contributed by atoms with Crippen molar-refractivity contribution < 1.29 is 14.7 Å². The molecule has 0 radical (unpaired) electrons. The molecule has 126 valence electrons. The van der Waals surface area contributed by atoms with Gasteiger partial charge in [0.15, 0.2) is 5.78 Å². The van der Waals surface area contributed by atoms with Crippen LogP contribution in [0.4, 0.5) is 5.69 Å². The lowest BCUT2D eigenvalue weighted by Gasteiger charge is -2.12. The van der Waals surface area contributed by atoms with E-state index in [0.717, 1.165) is 23.1 Å². The van der Waals surface area contributed by atoms with Gasteiger partial charge in [0, 0.05) is 17.2 Å². The van der Waals surface area contributed by atoms with Crippen LogP contribution in [-0.2, 0) is 17.6 Å². The molecule has 0 aliphatic carbocycles. The first-order valence-electron chi connectivity index (χ1n) is 8.15. The fraction of sp³-hybridized carbons (Fsp3) is 0.300. The lowest BCUT2D eigenvalue weighted by Crippen LogP contribution is -2.15. The van der Waals surface area contributed by atoms with Crippen molar-refractivity contribution in [3.63, 3.8) is 0 Å². The van der Waals surface area contributed by atoms with Crippen molar-refractivity contribution in [3.8, 4) is 5.75 Å². The monoisotopic (exact) mass is 325 g/mol. The number of aromatic hydroxyl groups is 1. The van der Waals surface area contributed by atoms with Crippen molar-refractivity contribution in [1.29, 1.82) is 0 Å². The van der Waals surface area contributed by atoms with Crippen LogP contribution >= 0.6 is 0 Å². The SMILES string of the molecule is CCc1cc(NC(=O)Cc2ccc(O)cc2)ccc1C(=O)C(C)C. The number of rotatable bonds is 6. The van der Waals surface area contributed by atoms with Crippen molar-refractivity contribution in [2.24, 2.45) is 5.92 Å². The predicted octanol–water partition coefficient (Wildman–Crippen LogP) is 3.97. The number of ketones is 1. The number of Topliss-reactive ketones (excluding diaryl/α,β-unsaturated/α-hetero) is 1. The molecule has 0 saturated heterocycles. The molecule has 0 aliphatic rings. The number of nitrogens with one attached hydrogen (secondary N) is 1. The number of benzene rings is 2. The van der Waals surface area contributed by atoms with Gasteiger partial charge in [-0.15, -0.1) is 0 Å². The maximum atomic E-state index is 12.2. The number of carbonyl (C=O) groups is 2. The first-order valence-corrected chi connectivity index (χ1v) is 8.15. The van der Waals surface area contributed by atoms with Crippen LogP contribution in [0.5, 0.6) is 5.75 Å². The molecule has 0 bridgehead atoms. The van der Waals surface area contributed by atoms with Crippen LogP contribution in [0.1, 0.15) is 42.3 Å². The topological polar surface area (TPSA) is 66.4 Å². The Morgan fingerprint density at radius 3 is 2.33 bits per heavy atom. The smallest absolute Gasteiger partial charge is 0.228 e. The predicted molar refractivity (Wildman–Crippen MR) is 95.4 cm³/mol. The molecule has 0 aromatic heterocycles. The molecular weight excluding hydrogens is 302 g/mol. The highest BCUT2D eigenvalue weighted by Crippen LogP contribution is 2.20. The Labute approximate surface area is 142 Å². The molecule has 0 spiro atoms. The number of amides is 1. The summed E-state index contributed by atoms with van der Waals surface area (Å²) < 4.78 is 0. The second kappa shape index (κ2) is 7.77. The van der Waals surface area contributed by atoms with E-state index in [4.69, 9.17) is 0 Å². The molecule has 0 saturated carbocycles. The zero-order valence-electron chi connectivity index (χ0n) is 14.3. The highest BCUT2D eigenvalue weighted by atomic mass is 16.3. The van der Waals surface area contributed by atoms with Gasteiger partial charge >= 0.3 is 0 Å². The summed E-state index contributed by atoms with van der Waals surface area (Å²) in [6.45, 7) is 5.76. The Morgan fingerprint density at radius 1 is 1.08 bits per heavy atom. The van der Waals surface area contributed by atoms with Gasteiger partial charge in [-0.25, -0.2) is 0 Å². The Hall–Kier alpha value is -2.62. The molecule has 2 aromatic carbocycles. The molecule has 0 heterocycles. The molecule has 4 nitrogen and oxygen atoms in total. The summed E-state index contributed by atoms with van der Waals surface area (Å²) in [4.78, 5) is 24.4. The Balaban J connectivity index is 2.10. The number of phenolic OH excluding ortho intramolecular Hbond substituents is 1. The van der Waals surface area contributed by atoms with E-state index in [2.05, 4.69) is 5.32 Å². The van der Waals surface area contributed by atoms with Gasteiger partial charge in [-0.1, -0.05) is 32.9 Å². The summed E-state index contributed by atoms with van der Waals surface area (Å²) in [5, 5.41) is 12.1. The fourth-order valence-corrected chi connectivity index (χ4v) is 2.52. The summed E-state index contributed by atoms with van der Waals surface area (Å²) >= 11 is 0. The van der Waals surface area contributed by atoms with Gasteiger partial charge in [0.1, 0.15) is 5.75 Å². The minimum Gasteiger partial charge on any atom is -0.508 e. The maximum absolute atomic E-state index is 12.2. The molecule has 0 atom stereocenters. The van der Waals surface area contributed by atoms with Crippen molar-refractivity contribution >= 4 is 17.4 Å². The van der Waals surface area contributed by atoms with Crippen molar-refractivity contribution in [3.05, 3.63) is 59.2 Å². The third-order valence-electron chi connectivity index (χ3n) is 3.86. The van der Waals surface area contributed by atoms with E-state index in [1.807, 2.05) is 26.8 Å². The van der Waals surface area contributed by atoms with Crippen molar-refractivity contribution in [1.82, 2.24) is 0 Å². The third kappa shape index (κ3) is 4.44. The number of anilines is 1. The summed E-state index contributed by atoms with van der Waals surface area (Å²) in [5.41, 5.74) is 3.18. The largest absolute Gasteiger partial charge is 0.508 e. The van der Waals surface area contributed by atoms with Gasteiger partial charge in [-0.2, -0.15) is 0 Å². The second-order valence-electron chi connectivity index (χ2n) is 6.14. The van der Waals surface area contributed by atoms with E-state index in [1.54, 1.807) is 36.4 Å². The minimum absolute atomic E-state index is 0.0507. The highest BCUT2D eigenvalue weighted by molar-refractivity contribution is 6.00. The van der Waals surface area contributed by atoms with Gasteiger partial charge in [-0.05, 0) is 47.9 Å². The fourth-order valence-electron chi connectivity index (χ4n) is 2.52. The Bertz CT molecular complexity index is 733. The quantitative estimate of drug-likeness (QED) is 0.790. The molecule has 1 amide bonds. The van der Waals surface area contributed by atoms with Crippen LogP contribution in [-0.4, -0.2) is 16.8 Å². The Kier molecular flexibility index (Phi) is 5.74. The Morgan fingerprint density at radius 2 is 1.75 bits per heavy atom. The first kappa shape index (κ1) is 17.7. The van der Waals surface area contributed by atoms with Gasteiger partial charge in [0.2, 0.25) is 5.91 Å². The van der Waals surface area contributed by atoms with E-state index in [0.29, 0.717) is 5.69 Å². The maximum Gasteiger partial charge on any atom is 0.228 e. The molecule has 4 heteroatoms. The summed E-state index contributed by atoms with van der Waals surface area (Å²) in [6, 6.07) is 12.0.